The molecule has 0 aromatic heterocycles. The molecule has 3 fully saturated rings. The molecule has 3 saturated heterocycles. The molecule has 3 atom stereocenters. The lowest BCUT2D eigenvalue weighted by Gasteiger charge is -2.24. The average molecular weight is 193 g/mol. The van der Waals surface area contributed by atoms with Crippen LogP contribution in [0.2, 0.25) is 0 Å². The fraction of sp³-hybridized carbons (Fsp3) is 0.833. The Kier molecular flexibility index (Phi) is 2.34. The number of hydrogen-bond donors (Lipinski definition) is 1. The summed E-state index contributed by atoms with van der Waals surface area (Å²) in [6.45, 7) is 0.972. The van der Waals surface area contributed by atoms with Crippen molar-refractivity contribution in [3.8, 4) is 0 Å². The van der Waals surface area contributed by atoms with Gasteiger partial charge in [-0.1, -0.05) is 11.6 Å². The van der Waals surface area contributed by atoms with Gasteiger partial charge in [-0.15, -0.1) is 0 Å². The first-order valence-electron chi connectivity index (χ1n) is 5.97. The molecule has 1 N–H and O–H groups in total. The lowest BCUT2D eigenvalue weighted by molar-refractivity contribution is 0.144. The lowest BCUT2D eigenvalue weighted by Crippen LogP contribution is -2.35. The Morgan fingerprint density at radius 1 is 1.14 bits per heavy atom. The second kappa shape index (κ2) is 3.67. The van der Waals surface area contributed by atoms with E-state index in [9.17, 15) is 0 Å². The van der Waals surface area contributed by atoms with Crippen LogP contribution in [0.15, 0.2) is 11.6 Å². The highest BCUT2D eigenvalue weighted by Gasteiger charge is 2.30. The minimum absolute atomic E-state index is 0.447. The summed E-state index contributed by atoms with van der Waals surface area (Å²) >= 11 is 0. The highest BCUT2D eigenvalue weighted by Crippen LogP contribution is 2.31. The SMILES string of the molecule is C(=C1CC2CCC(C1)N2)C1CCCO1. The first-order valence-corrected chi connectivity index (χ1v) is 5.97. The Labute approximate surface area is 85.7 Å². The molecule has 0 radical (unpaired) electrons. The van der Waals surface area contributed by atoms with Gasteiger partial charge in [0.15, 0.2) is 0 Å². The molecule has 3 heterocycles. The van der Waals surface area contributed by atoms with Gasteiger partial charge in [0.05, 0.1) is 6.10 Å². The van der Waals surface area contributed by atoms with Gasteiger partial charge in [-0.3, -0.25) is 0 Å². The molecule has 2 heteroatoms. The average Bonchev–Trinajstić information content (AvgIpc) is 2.77. The van der Waals surface area contributed by atoms with Crippen LogP contribution in [0.4, 0.5) is 0 Å². The fourth-order valence-electron chi connectivity index (χ4n) is 3.07. The molecule has 3 unspecified atom stereocenters. The van der Waals surface area contributed by atoms with Gasteiger partial charge < -0.3 is 10.1 Å². The molecular formula is C12H19NO. The molecule has 3 aliphatic rings. The van der Waals surface area contributed by atoms with Gasteiger partial charge in [0.25, 0.3) is 0 Å². The lowest BCUT2D eigenvalue weighted by atomic mass is 9.97. The maximum absolute atomic E-state index is 5.65. The summed E-state index contributed by atoms with van der Waals surface area (Å²) in [6.07, 6.45) is 10.7. The van der Waals surface area contributed by atoms with Gasteiger partial charge in [-0.2, -0.15) is 0 Å². The number of piperidine rings is 1. The van der Waals surface area contributed by atoms with E-state index in [-0.39, 0.29) is 0 Å². The predicted molar refractivity (Wildman–Crippen MR) is 56.2 cm³/mol. The van der Waals surface area contributed by atoms with Crippen molar-refractivity contribution >= 4 is 0 Å². The van der Waals surface area contributed by atoms with Crippen LogP contribution in [0.3, 0.4) is 0 Å². The summed E-state index contributed by atoms with van der Waals surface area (Å²) in [7, 11) is 0. The number of ether oxygens (including phenoxy) is 1. The highest BCUT2D eigenvalue weighted by atomic mass is 16.5. The van der Waals surface area contributed by atoms with Crippen molar-refractivity contribution in [2.24, 2.45) is 0 Å². The van der Waals surface area contributed by atoms with Crippen LogP contribution in [-0.4, -0.2) is 24.8 Å². The Morgan fingerprint density at radius 2 is 1.93 bits per heavy atom. The zero-order chi connectivity index (χ0) is 9.38. The Morgan fingerprint density at radius 3 is 2.57 bits per heavy atom. The third-order valence-corrected chi connectivity index (χ3v) is 3.74. The van der Waals surface area contributed by atoms with Crippen LogP contribution in [0, 0.1) is 0 Å². The molecule has 0 amide bonds. The van der Waals surface area contributed by atoms with Crippen LogP contribution in [0.1, 0.15) is 38.5 Å². The highest BCUT2D eigenvalue weighted by molar-refractivity contribution is 5.15. The van der Waals surface area contributed by atoms with E-state index in [0.29, 0.717) is 6.10 Å². The van der Waals surface area contributed by atoms with E-state index in [1.165, 1.54) is 38.5 Å². The second-order valence-corrected chi connectivity index (χ2v) is 4.92. The summed E-state index contributed by atoms with van der Waals surface area (Å²) in [6, 6.07) is 1.56. The molecule has 3 rings (SSSR count). The molecule has 78 valence electrons. The van der Waals surface area contributed by atoms with Crippen LogP contribution in [0.5, 0.6) is 0 Å². The van der Waals surface area contributed by atoms with Gasteiger partial charge in [0.1, 0.15) is 0 Å². The third kappa shape index (κ3) is 1.73. The largest absolute Gasteiger partial charge is 0.374 e. The number of rotatable bonds is 1. The van der Waals surface area contributed by atoms with E-state index in [1.54, 1.807) is 5.57 Å². The van der Waals surface area contributed by atoms with E-state index >= 15 is 0 Å². The summed E-state index contributed by atoms with van der Waals surface area (Å²) in [5.41, 5.74) is 1.66. The third-order valence-electron chi connectivity index (χ3n) is 3.74. The monoisotopic (exact) mass is 193 g/mol. The molecule has 0 spiro atoms. The van der Waals surface area contributed by atoms with Crippen molar-refractivity contribution in [2.45, 2.75) is 56.7 Å². The minimum atomic E-state index is 0.447. The van der Waals surface area contributed by atoms with Crippen molar-refractivity contribution < 1.29 is 4.74 Å². The van der Waals surface area contributed by atoms with Gasteiger partial charge in [0.2, 0.25) is 0 Å². The van der Waals surface area contributed by atoms with Gasteiger partial charge in [-0.05, 0) is 38.5 Å². The quantitative estimate of drug-likeness (QED) is 0.643. The number of hydrogen-bond acceptors (Lipinski definition) is 2. The minimum Gasteiger partial charge on any atom is -0.374 e. The number of fused-ring (bicyclic) bond motifs is 2. The van der Waals surface area contributed by atoms with Crippen molar-refractivity contribution in [3.05, 3.63) is 11.6 Å². The molecule has 14 heavy (non-hydrogen) atoms. The molecule has 0 aromatic rings. The zero-order valence-electron chi connectivity index (χ0n) is 8.67. The molecular weight excluding hydrogens is 174 g/mol. The molecule has 3 aliphatic heterocycles. The van der Waals surface area contributed by atoms with E-state index in [1.807, 2.05) is 0 Å². The van der Waals surface area contributed by atoms with E-state index < -0.39 is 0 Å². The first-order chi connectivity index (χ1) is 6.90. The molecule has 2 bridgehead atoms. The Hall–Kier alpha value is -0.340. The van der Waals surface area contributed by atoms with E-state index in [4.69, 9.17) is 4.74 Å². The molecule has 0 aliphatic carbocycles. The van der Waals surface area contributed by atoms with Crippen molar-refractivity contribution in [1.82, 2.24) is 5.32 Å². The van der Waals surface area contributed by atoms with Crippen molar-refractivity contribution in [3.63, 3.8) is 0 Å². The predicted octanol–water partition coefficient (Wildman–Crippen LogP) is 2.01. The van der Waals surface area contributed by atoms with Crippen LogP contribution >= 0.6 is 0 Å². The molecule has 0 saturated carbocycles. The van der Waals surface area contributed by atoms with Gasteiger partial charge in [-0.25, -0.2) is 0 Å². The molecule has 2 nitrogen and oxygen atoms in total. The number of nitrogens with one attached hydrogen (secondary N) is 1. The summed E-state index contributed by atoms with van der Waals surface area (Å²) in [4.78, 5) is 0. The van der Waals surface area contributed by atoms with E-state index in [0.717, 1.165) is 18.7 Å². The van der Waals surface area contributed by atoms with Crippen LogP contribution in [-0.2, 0) is 4.74 Å². The van der Waals surface area contributed by atoms with Crippen LogP contribution in [0.25, 0.3) is 0 Å². The summed E-state index contributed by atoms with van der Waals surface area (Å²) in [5.74, 6) is 0. The van der Waals surface area contributed by atoms with Crippen LogP contribution < -0.4 is 5.32 Å². The summed E-state index contributed by atoms with van der Waals surface area (Å²) in [5, 5.41) is 3.66. The van der Waals surface area contributed by atoms with Gasteiger partial charge in [0, 0.05) is 18.7 Å². The fourth-order valence-corrected chi connectivity index (χ4v) is 3.07. The van der Waals surface area contributed by atoms with Crippen molar-refractivity contribution in [1.29, 1.82) is 0 Å². The second-order valence-electron chi connectivity index (χ2n) is 4.92. The standard InChI is InChI=1S/C12H19NO/c1-2-12(14-5-1)8-9-6-10-3-4-11(7-9)13-10/h8,10-13H,1-7H2. The summed E-state index contributed by atoms with van der Waals surface area (Å²) < 4.78 is 5.65. The topological polar surface area (TPSA) is 21.3 Å². The van der Waals surface area contributed by atoms with Crippen molar-refractivity contribution in [2.75, 3.05) is 6.61 Å². The van der Waals surface area contributed by atoms with Gasteiger partial charge >= 0.3 is 0 Å². The Bertz CT molecular complexity index is 229. The smallest absolute Gasteiger partial charge is 0.0759 e. The maximum atomic E-state index is 5.65. The Balaban J connectivity index is 1.67. The molecule has 0 aromatic carbocycles. The van der Waals surface area contributed by atoms with E-state index in [2.05, 4.69) is 11.4 Å². The first kappa shape index (κ1) is 8.93. The maximum Gasteiger partial charge on any atom is 0.0759 e. The normalized spacial score (nSPS) is 41.7. The zero-order valence-corrected chi connectivity index (χ0v) is 8.67.